The van der Waals surface area contributed by atoms with Gasteiger partial charge in [-0.05, 0) is 0 Å². The Balaban J connectivity index is 2.01. The molecule has 0 unspecified atom stereocenters. The lowest BCUT2D eigenvalue weighted by Gasteiger charge is -1.97. The van der Waals surface area contributed by atoms with Crippen LogP contribution in [-0.4, -0.2) is 26.4 Å². The summed E-state index contributed by atoms with van der Waals surface area (Å²) in [6.45, 7) is 0. The maximum absolute atomic E-state index is 11.2. The first-order valence-corrected chi connectivity index (χ1v) is 6.95. The quantitative estimate of drug-likeness (QED) is 0.755. The molecular weight excluding hydrogens is 284 g/mol. The molecular formula is C12H9ClN4OS. The predicted molar refractivity (Wildman–Crippen MR) is 75.6 cm³/mol. The maximum Gasteiger partial charge on any atom is 0.250 e. The van der Waals surface area contributed by atoms with Crippen LogP contribution >= 0.6 is 22.9 Å². The smallest absolute Gasteiger partial charge is 0.250 e. The number of hydrogen-bond acceptors (Lipinski definition) is 4. The highest BCUT2D eigenvalue weighted by Gasteiger charge is 2.12. The van der Waals surface area contributed by atoms with E-state index in [0.717, 1.165) is 16.2 Å². The number of halogens is 1. The van der Waals surface area contributed by atoms with Crippen LogP contribution in [0.25, 0.3) is 16.2 Å². The first-order valence-electron chi connectivity index (χ1n) is 5.53. The van der Waals surface area contributed by atoms with Gasteiger partial charge < -0.3 is 0 Å². The Kier molecular flexibility index (Phi) is 3.18. The molecule has 1 N–H and O–H groups in total. The number of amides is 1. The van der Waals surface area contributed by atoms with Gasteiger partial charge in [-0.2, -0.15) is 4.98 Å². The van der Waals surface area contributed by atoms with Crippen molar-refractivity contribution in [2.75, 3.05) is 11.2 Å². The summed E-state index contributed by atoms with van der Waals surface area (Å²) in [4.78, 5) is 16.2. The van der Waals surface area contributed by atoms with Gasteiger partial charge in [0, 0.05) is 10.9 Å². The van der Waals surface area contributed by atoms with Crippen molar-refractivity contribution < 1.29 is 4.79 Å². The normalized spacial score (nSPS) is 10.8. The molecule has 2 aromatic heterocycles. The molecule has 0 radical (unpaired) electrons. The fourth-order valence-electron chi connectivity index (χ4n) is 1.70. The molecule has 3 rings (SSSR count). The van der Waals surface area contributed by atoms with Crippen LogP contribution in [0.4, 0.5) is 5.95 Å². The molecule has 5 nitrogen and oxygen atoms in total. The van der Waals surface area contributed by atoms with Crippen molar-refractivity contribution in [1.82, 2.24) is 14.6 Å². The maximum atomic E-state index is 11.2. The summed E-state index contributed by atoms with van der Waals surface area (Å²) in [5.41, 5.74) is 1.99. The van der Waals surface area contributed by atoms with E-state index in [4.69, 9.17) is 11.6 Å². The van der Waals surface area contributed by atoms with Crippen LogP contribution in [0.3, 0.4) is 0 Å². The van der Waals surface area contributed by atoms with Crippen molar-refractivity contribution in [2.45, 2.75) is 0 Å². The number of anilines is 1. The summed E-state index contributed by atoms with van der Waals surface area (Å²) in [6.07, 6.45) is 0. The number of nitrogens with zero attached hydrogens (tertiary/aromatic N) is 3. The molecule has 0 atom stereocenters. The lowest BCUT2D eigenvalue weighted by molar-refractivity contribution is -0.114. The van der Waals surface area contributed by atoms with Gasteiger partial charge in [0.1, 0.15) is 5.88 Å². The topological polar surface area (TPSA) is 59.3 Å². The number of aromatic nitrogens is 3. The fourth-order valence-corrected chi connectivity index (χ4v) is 2.60. The third-order valence-electron chi connectivity index (χ3n) is 2.52. The minimum Gasteiger partial charge on any atom is -0.292 e. The molecule has 0 saturated carbocycles. The van der Waals surface area contributed by atoms with Crippen LogP contribution in [0.5, 0.6) is 0 Å². The number of carbonyl (C=O) groups excluding carboxylic acids is 1. The number of carbonyl (C=O) groups is 1. The van der Waals surface area contributed by atoms with Gasteiger partial charge in [-0.25, -0.2) is 4.52 Å². The molecule has 19 heavy (non-hydrogen) atoms. The van der Waals surface area contributed by atoms with Crippen LogP contribution in [0.2, 0.25) is 0 Å². The van der Waals surface area contributed by atoms with Gasteiger partial charge in [-0.15, -0.1) is 28.0 Å². The molecule has 0 saturated heterocycles. The van der Waals surface area contributed by atoms with Crippen molar-refractivity contribution in [2.24, 2.45) is 0 Å². The first-order chi connectivity index (χ1) is 9.28. The molecule has 1 amide bonds. The molecule has 0 spiro atoms. The van der Waals surface area contributed by atoms with Gasteiger partial charge in [0.05, 0.1) is 5.69 Å². The second-order valence-electron chi connectivity index (χ2n) is 3.80. The highest BCUT2D eigenvalue weighted by atomic mass is 35.5. The largest absolute Gasteiger partial charge is 0.292 e. The van der Waals surface area contributed by atoms with E-state index in [1.54, 1.807) is 4.52 Å². The molecule has 7 heteroatoms. The standard InChI is InChI=1S/C12H9ClN4OS/c13-6-10(18)14-11-15-12-17(16-11)9(7-19-12)8-4-2-1-3-5-8/h1-5,7H,6H2,(H,14,16,18). The summed E-state index contributed by atoms with van der Waals surface area (Å²) < 4.78 is 1.71. The Bertz CT molecular complexity index is 722. The van der Waals surface area contributed by atoms with E-state index in [9.17, 15) is 4.79 Å². The Morgan fingerprint density at radius 2 is 2.16 bits per heavy atom. The van der Waals surface area contributed by atoms with E-state index in [0.29, 0.717) is 0 Å². The van der Waals surface area contributed by atoms with Crippen molar-refractivity contribution in [3.63, 3.8) is 0 Å². The second kappa shape index (κ2) is 4.99. The van der Waals surface area contributed by atoms with Crippen LogP contribution in [-0.2, 0) is 4.79 Å². The van der Waals surface area contributed by atoms with Gasteiger partial charge in [-0.3, -0.25) is 10.1 Å². The van der Waals surface area contributed by atoms with Gasteiger partial charge in [0.25, 0.3) is 0 Å². The molecule has 0 aliphatic rings. The van der Waals surface area contributed by atoms with Crippen molar-refractivity contribution in [1.29, 1.82) is 0 Å². The zero-order valence-electron chi connectivity index (χ0n) is 9.71. The summed E-state index contributed by atoms with van der Waals surface area (Å²) in [5, 5.41) is 8.78. The molecule has 1 aromatic carbocycles. The third-order valence-corrected chi connectivity index (χ3v) is 3.58. The minimum absolute atomic E-state index is 0.113. The zero-order chi connectivity index (χ0) is 13.2. The summed E-state index contributed by atoms with van der Waals surface area (Å²) in [6, 6.07) is 9.89. The lowest BCUT2D eigenvalue weighted by atomic mass is 10.2. The Morgan fingerprint density at radius 1 is 1.37 bits per heavy atom. The van der Waals surface area contributed by atoms with Crippen LogP contribution < -0.4 is 5.32 Å². The average Bonchev–Trinajstić information content (AvgIpc) is 2.99. The van der Waals surface area contributed by atoms with Gasteiger partial charge >= 0.3 is 0 Å². The van der Waals surface area contributed by atoms with E-state index in [-0.39, 0.29) is 17.7 Å². The highest BCUT2D eigenvalue weighted by molar-refractivity contribution is 7.15. The number of alkyl halides is 1. The van der Waals surface area contributed by atoms with Crippen LogP contribution in [0, 0.1) is 0 Å². The second-order valence-corrected chi connectivity index (χ2v) is 4.90. The van der Waals surface area contributed by atoms with Crippen LogP contribution in [0.15, 0.2) is 35.7 Å². The number of fused-ring (bicyclic) bond motifs is 1. The third kappa shape index (κ3) is 2.32. The van der Waals surface area contributed by atoms with E-state index < -0.39 is 0 Å². The average molecular weight is 293 g/mol. The SMILES string of the molecule is O=C(CCl)Nc1nc2scc(-c3ccccc3)n2n1. The van der Waals surface area contributed by atoms with Crippen molar-refractivity contribution in [3.8, 4) is 11.3 Å². The van der Waals surface area contributed by atoms with Gasteiger partial charge in [-0.1, -0.05) is 30.3 Å². The van der Waals surface area contributed by atoms with Gasteiger partial charge in [0.2, 0.25) is 16.8 Å². The van der Waals surface area contributed by atoms with E-state index in [2.05, 4.69) is 15.4 Å². The van der Waals surface area contributed by atoms with Crippen molar-refractivity contribution >= 4 is 39.8 Å². The van der Waals surface area contributed by atoms with Crippen molar-refractivity contribution in [3.05, 3.63) is 35.7 Å². The molecule has 0 aliphatic heterocycles. The van der Waals surface area contributed by atoms with E-state index in [1.807, 2.05) is 35.7 Å². The summed E-state index contributed by atoms with van der Waals surface area (Å²) in [7, 11) is 0. The molecule has 0 fully saturated rings. The number of hydrogen-bond donors (Lipinski definition) is 1. The molecule has 3 aromatic rings. The summed E-state index contributed by atoms with van der Waals surface area (Å²) in [5.74, 6) is -0.158. The molecule has 0 aliphatic carbocycles. The Labute approximate surface area is 117 Å². The predicted octanol–water partition coefficient (Wildman–Crippen LogP) is 2.64. The highest BCUT2D eigenvalue weighted by Crippen LogP contribution is 2.25. The monoisotopic (exact) mass is 292 g/mol. The number of rotatable bonds is 3. The fraction of sp³-hybridized carbons (Fsp3) is 0.0833. The van der Waals surface area contributed by atoms with E-state index >= 15 is 0 Å². The van der Waals surface area contributed by atoms with Gasteiger partial charge in [0.15, 0.2) is 0 Å². The van der Waals surface area contributed by atoms with Crippen LogP contribution in [0.1, 0.15) is 0 Å². The lowest BCUT2D eigenvalue weighted by Crippen LogP contribution is -2.13. The first kappa shape index (κ1) is 12.1. The Morgan fingerprint density at radius 3 is 2.89 bits per heavy atom. The Hall–Kier alpha value is -1.92. The van der Waals surface area contributed by atoms with E-state index in [1.165, 1.54) is 11.3 Å². The zero-order valence-corrected chi connectivity index (χ0v) is 11.3. The molecule has 0 bridgehead atoms. The number of thiazole rings is 1. The number of benzene rings is 1. The molecule has 96 valence electrons. The minimum atomic E-state index is -0.318. The summed E-state index contributed by atoms with van der Waals surface area (Å²) >= 11 is 6.90. The molecule has 2 heterocycles. The number of nitrogens with one attached hydrogen (secondary N) is 1.